The van der Waals surface area contributed by atoms with E-state index < -0.39 is 0 Å². The van der Waals surface area contributed by atoms with Crippen molar-refractivity contribution in [1.29, 1.82) is 0 Å². The van der Waals surface area contributed by atoms with E-state index in [1.54, 1.807) is 6.07 Å². The zero-order chi connectivity index (χ0) is 9.42. The van der Waals surface area contributed by atoms with Gasteiger partial charge in [0, 0.05) is 0 Å². The van der Waals surface area contributed by atoms with Gasteiger partial charge in [0.1, 0.15) is 12.0 Å². The maximum Gasteiger partial charge on any atom is 0.131 e. The van der Waals surface area contributed by atoms with Gasteiger partial charge in [0.05, 0.1) is 10.4 Å². The van der Waals surface area contributed by atoms with Crippen LogP contribution in [0.15, 0.2) is 22.7 Å². The number of rotatable bonds is 1. The zero-order valence-electron chi connectivity index (χ0n) is 6.70. The molecule has 1 aromatic rings. The van der Waals surface area contributed by atoms with Gasteiger partial charge in [0.15, 0.2) is 0 Å². The summed E-state index contributed by atoms with van der Waals surface area (Å²) in [5.41, 5.74) is 1.86. The summed E-state index contributed by atoms with van der Waals surface area (Å²) in [6.45, 7) is 0. The van der Waals surface area contributed by atoms with Gasteiger partial charge in [-0.2, -0.15) is 0 Å². The number of hydrogen-bond acceptors (Lipinski definition) is 2. The van der Waals surface area contributed by atoms with Crippen LogP contribution in [0.2, 0.25) is 0 Å². The number of phenols is 1. The van der Waals surface area contributed by atoms with Crippen LogP contribution >= 0.6 is 15.9 Å². The normalized spacial score (nSPS) is 18.7. The van der Waals surface area contributed by atoms with E-state index in [9.17, 15) is 9.90 Å². The van der Waals surface area contributed by atoms with Crippen LogP contribution in [0.1, 0.15) is 17.0 Å². The van der Waals surface area contributed by atoms with E-state index in [4.69, 9.17) is 0 Å². The largest absolute Gasteiger partial charge is 0.507 e. The Balaban J connectivity index is 2.58. The van der Waals surface area contributed by atoms with Crippen molar-refractivity contribution in [2.45, 2.75) is 5.92 Å². The minimum Gasteiger partial charge on any atom is -0.507 e. The SMILES string of the molecule is O=CC1C=Cc2cc(Br)c(O)cc21. The van der Waals surface area contributed by atoms with Crippen LogP contribution in [0.25, 0.3) is 6.08 Å². The van der Waals surface area contributed by atoms with Crippen molar-refractivity contribution in [3.05, 3.63) is 33.8 Å². The Morgan fingerprint density at radius 2 is 2.23 bits per heavy atom. The molecule has 0 spiro atoms. The Morgan fingerprint density at radius 1 is 1.46 bits per heavy atom. The molecule has 0 saturated heterocycles. The number of aldehydes is 1. The molecule has 0 aromatic heterocycles. The monoisotopic (exact) mass is 238 g/mol. The second-order valence-corrected chi connectivity index (χ2v) is 3.81. The molecule has 1 aliphatic carbocycles. The maximum absolute atomic E-state index is 10.6. The van der Waals surface area contributed by atoms with Crippen LogP contribution < -0.4 is 0 Å². The topological polar surface area (TPSA) is 37.3 Å². The summed E-state index contributed by atoms with van der Waals surface area (Å²) in [6.07, 6.45) is 4.58. The summed E-state index contributed by atoms with van der Waals surface area (Å²) in [4.78, 5) is 10.6. The number of carbonyl (C=O) groups is 1. The molecule has 13 heavy (non-hydrogen) atoms. The first kappa shape index (κ1) is 8.51. The molecular weight excluding hydrogens is 232 g/mol. The molecule has 0 radical (unpaired) electrons. The Kier molecular flexibility index (Phi) is 1.96. The van der Waals surface area contributed by atoms with Crippen LogP contribution in [0.3, 0.4) is 0 Å². The fourth-order valence-corrected chi connectivity index (χ4v) is 1.82. The van der Waals surface area contributed by atoms with Gasteiger partial charge in [-0.3, -0.25) is 0 Å². The molecule has 0 aliphatic heterocycles. The fourth-order valence-electron chi connectivity index (χ4n) is 1.46. The molecule has 0 saturated carbocycles. The number of phenolic OH excluding ortho intramolecular Hbond substituents is 1. The molecule has 3 heteroatoms. The molecule has 2 nitrogen and oxygen atoms in total. The molecule has 1 aromatic carbocycles. The standard InChI is InChI=1S/C10H7BrO2/c11-9-3-6-1-2-7(5-12)8(6)4-10(9)13/h1-5,7,13H. The first-order chi connectivity index (χ1) is 6.22. The summed E-state index contributed by atoms with van der Waals surface area (Å²) in [7, 11) is 0. The smallest absolute Gasteiger partial charge is 0.131 e. The third kappa shape index (κ3) is 1.29. The highest BCUT2D eigenvalue weighted by Gasteiger charge is 2.18. The summed E-state index contributed by atoms with van der Waals surface area (Å²) in [5, 5.41) is 9.41. The van der Waals surface area contributed by atoms with Crippen molar-refractivity contribution in [2.24, 2.45) is 0 Å². The highest BCUT2D eigenvalue weighted by molar-refractivity contribution is 9.10. The Bertz CT molecular complexity index is 396. The number of benzene rings is 1. The zero-order valence-corrected chi connectivity index (χ0v) is 8.28. The lowest BCUT2D eigenvalue weighted by Gasteiger charge is -2.05. The van der Waals surface area contributed by atoms with Gasteiger partial charge in [-0.25, -0.2) is 0 Å². The van der Waals surface area contributed by atoms with Crippen molar-refractivity contribution in [2.75, 3.05) is 0 Å². The lowest BCUT2D eigenvalue weighted by Crippen LogP contribution is -1.93. The molecular formula is C10H7BrO2. The lowest BCUT2D eigenvalue weighted by molar-refractivity contribution is -0.108. The number of hydrogen-bond donors (Lipinski definition) is 1. The number of fused-ring (bicyclic) bond motifs is 1. The number of halogens is 1. The molecule has 1 N–H and O–H groups in total. The molecule has 0 fully saturated rings. The number of carbonyl (C=O) groups excluding carboxylic acids is 1. The van der Waals surface area contributed by atoms with Crippen molar-refractivity contribution >= 4 is 28.3 Å². The van der Waals surface area contributed by atoms with E-state index in [2.05, 4.69) is 15.9 Å². The maximum atomic E-state index is 10.6. The van der Waals surface area contributed by atoms with E-state index in [-0.39, 0.29) is 11.7 Å². The van der Waals surface area contributed by atoms with Gasteiger partial charge in [-0.1, -0.05) is 12.2 Å². The second kappa shape index (κ2) is 3.00. The molecule has 0 amide bonds. The van der Waals surface area contributed by atoms with E-state index in [0.29, 0.717) is 4.47 Å². The van der Waals surface area contributed by atoms with Gasteiger partial charge in [0.25, 0.3) is 0 Å². The first-order valence-electron chi connectivity index (χ1n) is 3.88. The van der Waals surface area contributed by atoms with Crippen LogP contribution in [-0.2, 0) is 4.79 Å². The third-order valence-electron chi connectivity index (χ3n) is 2.14. The number of allylic oxidation sites excluding steroid dienone is 1. The fraction of sp³-hybridized carbons (Fsp3) is 0.100. The summed E-state index contributed by atoms with van der Waals surface area (Å²) in [6, 6.07) is 3.43. The molecule has 0 heterocycles. The highest BCUT2D eigenvalue weighted by Crippen LogP contribution is 2.35. The minimum absolute atomic E-state index is 0.175. The summed E-state index contributed by atoms with van der Waals surface area (Å²) < 4.78 is 0.655. The van der Waals surface area contributed by atoms with Crippen molar-refractivity contribution in [3.63, 3.8) is 0 Å². The Morgan fingerprint density at radius 3 is 2.92 bits per heavy atom. The highest BCUT2D eigenvalue weighted by atomic mass is 79.9. The average molecular weight is 239 g/mol. The molecule has 1 unspecified atom stereocenters. The van der Waals surface area contributed by atoms with E-state index >= 15 is 0 Å². The lowest BCUT2D eigenvalue weighted by atomic mass is 10.0. The predicted octanol–water partition coefficient (Wildman–Crippen LogP) is 2.46. The molecule has 0 bridgehead atoms. The van der Waals surface area contributed by atoms with E-state index in [0.717, 1.165) is 17.4 Å². The average Bonchev–Trinajstić information content (AvgIpc) is 2.48. The van der Waals surface area contributed by atoms with Gasteiger partial charge in [-0.15, -0.1) is 0 Å². The number of aromatic hydroxyl groups is 1. The van der Waals surface area contributed by atoms with Crippen molar-refractivity contribution in [3.8, 4) is 5.75 Å². The third-order valence-corrected chi connectivity index (χ3v) is 2.78. The van der Waals surface area contributed by atoms with Crippen molar-refractivity contribution < 1.29 is 9.90 Å². The minimum atomic E-state index is -0.200. The van der Waals surface area contributed by atoms with Crippen molar-refractivity contribution in [1.82, 2.24) is 0 Å². The Hall–Kier alpha value is -1.09. The predicted molar refractivity (Wildman–Crippen MR) is 53.6 cm³/mol. The van der Waals surface area contributed by atoms with Crippen LogP contribution in [0, 0.1) is 0 Å². The molecule has 66 valence electrons. The van der Waals surface area contributed by atoms with E-state index in [1.165, 1.54) is 0 Å². The Labute approximate surface area is 84.0 Å². The summed E-state index contributed by atoms with van der Waals surface area (Å²) in [5.74, 6) is -0.0247. The quantitative estimate of drug-likeness (QED) is 0.764. The first-order valence-corrected chi connectivity index (χ1v) is 4.67. The van der Waals surface area contributed by atoms with Crippen LogP contribution in [-0.4, -0.2) is 11.4 Å². The molecule has 2 rings (SSSR count). The van der Waals surface area contributed by atoms with Gasteiger partial charge >= 0.3 is 0 Å². The van der Waals surface area contributed by atoms with Gasteiger partial charge in [0.2, 0.25) is 0 Å². The second-order valence-electron chi connectivity index (χ2n) is 2.95. The van der Waals surface area contributed by atoms with Crippen LogP contribution in [0.5, 0.6) is 5.75 Å². The molecule has 1 atom stereocenters. The molecule has 1 aliphatic rings. The van der Waals surface area contributed by atoms with Gasteiger partial charge in [-0.05, 0) is 39.2 Å². The van der Waals surface area contributed by atoms with Crippen LogP contribution in [0.4, 0.5) is 0 Å². The van der Waals surface area contributed by atoms with Gasteiger partial charge < -0.3 is 9.90 Å². The van der Waals surface area contributed by atoms with E-state index in [1.807, 2.05) is 18.2 Å². The summed E-state index contributed by atoms with van der Waals surface area (Å²) >= 11 is 3.22.